The number of anilines is 1. The van der Waals surface area contributed by atoms with Gasteiger partial charge in [0.05, 0.1) is 5.71 Å². The number of hydrogen-bond acceptors (Lipinski definition) is 2. The highest BCUT2D eigenvalue weighted by atomic mass is 35.5. The van der Waals surface area contributed by atoms with Crippen molar-refractivity contribution < 1.29 is 0 Å². The predicted octanol–water partition coefficient (Wildman–Crippen LogP) is 5.07. The molecule has 0 bridgehead atoms. The fraction of sp³-hybridized carbons (Fsp3) is 0.263. The summed E-state index contributed by atoms with van der Waals surface area (Å²) in [6.07, 6.45) is 4.41. The van der Waals surface area contributed by atoms with Crippen LogP contribution in [-0.4, -0.2) is 10.8 Å². The monoisotopic (exact) mass is 357 g/mol. The Balaban J connectivity index is 1.73. The first-order chi connectivity index (χ1) is 11.6. The number of nitrogens with zero attached hydrogens (tertiary/aromatic N) is 1. The molecular formula is C19H20ClN3S. The lowest BCUT2D eigenvalue weighted by Crippen LogP contribution is -2.25. The molecule has 0 saturated heterocycles. The van der Waals surface area contributed by atoms with Crippen LogP contribution in [0.15, 0.2) is 47.6 Å². The summed E-state index contributed by atoms with van der Waals surface area (Å²) in [5.74, 6) is 0. The van der Waals surface area contributed by atoms with Gasteiger partial charge in [0.25, 0.3) is 0 Å². The normalized spacial score (nSPS) is 15.5. The molecule has 0 aliphatic heterocycles. The fourth-order valence-electron chi connectivity index (χ4n) is 2.89. The average Bonchev–Trinajstić information content (AvgIpc) is 2.79. The van der Waals surface area contributed by atoms with Crippen molar-refractivity contribution in [1.82, 2.24) is 5.43 Å². The van der Waals surface area contributed by atoms with E-state index in [9.17, 15) is 0 Å². The minimum absolute atomic E-state index is 0.467. The molecule has 1 aliphatic rings. The van der Waals surface area contributed by atoms with Crippen LogP contribution in [0.1, 0.15) is 36.0 Å². The highest BCUT2D eigenvalue weighted by Gasteiger charge is 2.13. The molecule has 0 unspecified atom stereocenters. The smallest absolute Gasteiger partial charge is 0.191 e. The summed E-state index contributed by atoms with van der Waals surface area (Å²) in [4.78, 5) is 0. The van der Waals surface area contributed by atoms with E-state index < -0.39 is 0 Å². The lowest BCUT2D eigenvalue weighted by molar-refractivity contribution is 0.774. The first kappa shape index (κ1) is 16.9. The maximum atomic E-state index is 6.14. The average molecular weight is 358 g/mol. The van der Waals surface area contributed by atoms with Gasteiger partial charge in [-0.2, -0.15) is 5.10 Å². The topological polar surface area (TPSA) is 36.4 Å². The Kier molecular flexibility index (Phi) is 5.48. The third-order valence-corrected chi connectivity index (χ3v) is 4.85. The minimum atomic E-state index is 0.467. The lowest BCUT2D eigenvalue weighted by Gasteiger charge is -2.12. The Bertz CT molecular complexity index is 786. The van der Waals surface area contributed by atoms with Crippen LogP contribution in [-0.2, 0) is 6.42 Å². The molecular weight excluding hydrogens is 338 g/mol. The Morgan fingerprint density at radius 1 is 1.08 bits per heavy atom. The number of rotatable bonds is 2. The zero-order valence-electron chi connectivity index (χ0n) is 13.6. The van der Waals surface area contributed by atoms with Gasteiger partial charge in [-0.15, -0.1) is 0 Å². The number of fused-ring (bicyclic) bond motifs is 1. The SMILES string of the molecule is Cc1c(Cl)cccc1NC(=S)N/N=C1\CCCCc2ccccc21. The zero-order valence-corrected chi connectivity index (χ0v) is 15.2. The van der Waals surface area contributed by atoms with E-state index in [1.165, 1.54) is 17.5 Å². The van der Waals surface area contributed by atoms with Gasteiger partial charge in [0.15, 0.2) is 5.11 Å². The summed E-state index contributed by atoms with van der Waals surface area (Å²) in [6, 6.07) is 14.2. The van der Waals surface area contributed by atoms with Gasteiger partial charge in [-0.25, -0.2) is 0 Å². The van der Waals surface area contributed by atoms with Crippen LogP contribution in [0.2, 0.25) is 5.02 Å². The predicted molar refractivity (Wildman–Crippen MR) is 106 cm³/mol. The van der Waals surface area contributed by atoms with Gasteiger partial charge in [0, 0.05) is 16.3 Å². The van der Waals surface area contributed by atoms with Crippen LogP contribution >= 0.6 is 23.8 Å². The van der Waals surface area contributed by atoms with Gasteiger partial charge >= 0.3 is 0 Å². The van der Waals surface area contributed by atoms with E-state index in [4.69, 9.17) is 23.8 Å². The Morgan fingerprint density at radius 3 is 2.75 bits per heavy atom. The lowest BCUT2D eigenvalue weighted by atomic mass is 10.0. The second kappa shape index (κ2) is 7.77. The molecule has 2 aromatic carbocycles. The first-order valence-electron chi connectivity index (χ1n) is 8.12. The van der Waals surface area contributed by atoms with E-state index in [-0.39, 0.29) is 0 Å². The van der Waals surface area contributed by atoms with Crippen LogP contribution in [0.3, 0.4) is 0 Å². The summed E-state index contributed by atoms with van der Waals surface area (Å²) in [5.41, 5.74) is 8.49. The number of aryl methyl sites for hydroxylation is 1. The highest BCUT2D eigenvalue weighted by Crippen LogP contribution is 2.23. The van der Waals surface area contributed by atoms with E-state index in [0.29, 0.717) is 10.1 Å². The molecule has 0 spiro atoms. The molecule has 3 nitrogen and oxygen atoms in total. The van der Waals surface area contributed by atoms with Crippen LogP contribution < -0.4 is 10.7 Å². The molecule has 0 saturated carbocycles. The van der Waals surface area contributed by atoms with Crippen LogP contribution in [0.4, 0.5) is 5.69 Å². The van der Waals surface area contributed by atoms with E-state index in [0.717, 1.165) is 36.2 Å². The number of thiocarbonyl (C=S) groups is 1. The molecule has 5 heteroatoms. The number of hydrogen-bond donors (Lipinski definition) is 2. The molecule has 0 heterocycles. The second-order valence-corrected chi connectivity index (χ2v) is 6.72. The standard InChI is InChI=1S/C19H20ClN3S/c1-13-16(20)10-6-12-17(13)21-19(24)23-22-18-11-5-3-8-14-7-2-4-9-15(14)18/h2,4,6-7,9-10,12H,3,5,8,11H2,1H3,(H2,21,23,24)/b22-18+. The highest BCUT2D eigenvalue weighted by molar-refractivity contribution is 7.80. The van der Waals surface area contributed by atoms with Crippen molar-refractivity contribution in [1.29, 1.82) is 0 Å². The van der Waals surface area contributed by atoms with Gasteiger partial charge in [-0.05, 0) is 68.1 Å². The molecule has 2 N–H and O–H groups in total. The molecule has 0 aromatic heterocycles. The molecule has 2 aromatic rings. The molecule has 3 rings (SSSR count). The molecule has 124 valence electrons. The van der Waals surface area contributed by atoms with Crippen molar-refractivity contribution in [2.45, 2.75) is 32.6 Å². The largest absolute Gasteiger partial charge is 0.331 e. The van der Waals surface area contributed by atoms with Crippen molar-refractivity contribution in [2.75, 3.05) is 5.32 Å². The molecule has 0 radical (unpaired) electrons. The molecule has 1 aliphatic carbocycles. The van der Waals surface area contributed by atoms with E-state index >= 15 is 0 Å². The number of halogens is 1. The van der Waals surface area contributed by atoms with Gasteiger partial charge in [-0.3, -0.25) is 5.43 Å². The third-order valence-electron chi connectivity index (χ3n) is 4.25. The summed E-state index contributed by atoms with van der Waals surface area (Å²) in [5, 5.41) is 8.90. The van der Waals surface area contributed by atoms with Gasteiger partial charge < -0.3 is 5.32 Å². The Labute approximate surface area is 153 Å². The maximum Gasteiger partial charge on any atom is 0.191 e. The van der Waals surface area contributed by atoms with Crippen LogP contribution in [0.5, 0.6) is 0 Å². The minimum Gasteiger partial charge on any atom is -0.331 e. The van der Waals surface area contributed by atoms with Gasteiger partial charge in [0.1, 0.15) is 0 Å². The summed E-state index contributed by atoms with van der Waals surface area (Å²) >= 11 is 11.5. The van der Waals surface area contributed by atoms with Gasteiger partial charge in [0.2, 0.25) is 0 Å². The fourth-order valence-corrected chi connectivity index (χ4v) is 3.22. The molecule has 0 atom stereocenters. The van der Waals surface area contributed by atoms with Crippen molar-refractivity contribution in [2.24, 2.45) is 5.10 Å². The molecule has 0 amide bonds. The third kappa shape index (κ3) is 3.94. The van der Waals surface area contributed by atoms with Crippen molar-refractivity contribution >= 4 is 40.3 Å². The molecule has 0 fully saturated rings. The zero-order chi connectivity index (χ0) is 16.9. The summed E-state index contributed by atoms with van der Waals surface area (Å²) in [6.45, 7) is 1.96. The summed E-state index contributed by atoms with van der Waals surface area (Å²) < 4.78 is 0. The summed E-state index contributed by atoms with van der Waals surface area (Å²) in [7, 11) is 0. The second-order valence-electron chi connectivity index (χ2n) is 5.90. The van der Waals surface area contributed by atoms with E-state index in [1.807, 2.05) is 25.1 Å². The Morgan fingerprint density at radius 2 is 1.88 bits per heavy atom. The first-order valence-corrected chi connectivity index (χ1v) is 8.91. The quantitative estimate of drug-likeness (QED) is 0.447. The molecule has 24 heavy (non-hydrogen) atoms. The van der Waals surface area contributed by atoms with Crippen molar-refractivity contribution in [3.8, 4) is 0 Å². The van der Waals surface area contributed by atoms with Crippen molar-refractivity contribution in [3.63, 3.8) is 0 Å². The number of hydrazone groups is 1. The van der Waals surface area contributed by atoms with E-state index in [2.05, 4.69) is 40.1 Å². The van der Waals surface area contributed by atoms with E-state index in [1.54, 1.807) is 0 Å². The van der Waals surface area contributed by atoms with Crippen molar-refractivity contribution in [3.05, 3.63) is 64.2 Å². The number of nitrogens with one attached hydrogen (secondary N) is 2. The van der Waals surface area contributed by atoms with Crippen LogP contribution in [0, 0.1) is 6.92 Å². The maximum absolute atomic E-state index is 6.14. The Hall–Kier alpha value is -1.91. The number of benzene rings is 2. The van der Waals surface area contributed by atoms with Crippen LogP contribution in [0.25, 0.3) is 0 Å². The van der Waals surface area contributed by atoms with Gasteiger partial charge in [-0.1, -0.05) is 41.9 Å².